The van der Waals surface area contributed by atoms with Crippen LogP contribution in [0.3, 0.4) is 0 Å². The van der Waals surface area contributed by atoms with Crippen molar-refractivity contribution in [3.63, 3.8) is 0 Å². The minimum atomic E-state index is -3.78. The van der Waals surface area contributed by atoms with E-state index in [0.717, 1.165) is 24.2 Å². The fourth-order valence-corrected chi connectivity index (χ4v) is 5.73. The molecule has 7 heteroatoms. The first kappa shape index (κ1) is 26.9. The van der Waals surface area contributed by atoms with Crippen LogP contribution in [-0.2, 0) is 23.1 Å². The molecule has 0 radical (unpaired) electrons. The summed E-state index contributed by atoms with van der Waals surface area (Å²) in [7, 11) is -3.78. The molecule has 0 bridgehead atoms. The summed E-state index contributed by atoms with van der Waals surface area (Å²) in [5, 5.41) is 2.96. The number of carbonyl (C=O) groups is 1. The van der Waals surface area contributed by atoms with Gasteiger partial charge < -0.3 is 10.2 Å². The predicted octanol–water partition coefficient (Wildman–Crippen LogP) is 5.86. The largest absolute Gasteiger partial charge is 0.372 e. The lowest BCUT2D eigenvalue weighted by Gasteiger charge is -2.25. The molecule has 0 unspecified atom stereocenters. The molecule has 0 saturated heterocycles. The molecule has 0 spiro atoms. The summed E-state index contributed by atoms with van der Waals surface area (Å²) >= 11 is 0. The number of carbonyl (C=O) groups excluding carboxylic acids is 1. The van der Waals surface area contributed by atoms with Crippen LogP contribution in [0.5, 0.6) is 0 Å². The third-order valence-electron chi connectivity index (χ3n) is 6.44. The summed E-state index contributed by atoms with van der Waals surface area (Å²) in [5.41, 5.74) is 4.06. The van der Waals surface area contributed by atoms with Crippen molar-refractivity contribution >= 4 is 27.3 Å². The molecule has 1 amide bonds. The molecule has 0 saturated carbocycles. The monoisotopic (exact) mass is 527 g/mol. The maximum absolute atomic E-state index is 13.5. The zero-order chi connectivity index (χ0) is 27.0. The van der Waals surface area contributed by atoms with E-state index in [9.17, 15) is 13.2 Å². The van der Waals surface area contributed by atoms with Gasteiger partial charge in [-0.05, 0) is 73.5 Å². The summed E-state index contributed by atoms with van der Waals surface area (Å²) < 4.78 is 28.4. The Kier molecular flexibility index (Phi) is 8.81. The van der Waals surface area contributed by atoms with Gasteiger partial charge in [-0.25, -0.2) is 8.42 Å². The molecule has 0 aliphatic carbocycles. The summed E-state index contributed by atoms with van der Waals surface area (Å²) in [6, 6.07) is 32.7. The molecule has 0 aliphatic rings. The number of sulfonamides is 1. The highest BCUT2D eigenvalue weighted by atomic mass is 32.2. The minimum Gasteiger partial charge on any atom is -0.372 e. The summed E-state index contributed by atoms with van der Waals surface area (Å²) in [6.07, 6.45) is 0. The first-order valence-electron chi connectivity index (χ1n) is 12.8. The Bertz CT molecular complexity index is 1420. The summed E-state index contributed by atoms with van der Waals surface area (Å²) in [6.45, 7) is 6.72. The van der Waals surface area contributed by atoms with Crippen LogP contribution >= 0.6 is 0 Å². The summed E-state index contributed by atoms with van der Waals surface area (Å²) in [5.74, 6) is -0.179. The third kappa shape index (κ3) is 6.42. The third-order valence-corrected chi connectivity index (χ3v) is 8.22. The number of hydrogen-bond acceptors (Lipinski definition) is 4. The Morgan fingerprint density at radius 2 is 1.24 bits per heavy atom. The molecular formula is C31H33N3O3S. The second-order valence-corrected chi connectivity index (χ2v) is 10.7. The van der Waals surface area contributed by atoms with Gasteiger partial charge in [0.1, 0.15) is 0 Å². The maximum Gasteiger partial charge on any atom is 0.264 e. The number of nitrogens with zero attached hydrogens (tertiary/aromatic N) is 2. The Morgan fingerprint density at radius 1 is 0.684 bits per heavy atom. The van der Waals surface area contributed by atoms with Gasteiger partial charge in [0.05, 0.1) is 17.1 Å². The highest BCUT2D eigenvalue weighted by Gasteiger charge is 2.25. The van der Waals surface area contributed by atoms with E-state index >= 15 is 0 Å². The second-order valence-electron chi connectivity index (χ2n) is 8.88. The van der Waals surface area contributed by atoms with Gasteiger partial charge >= 0.3 is 0 Å². The molecule has 1 N–H and O–H groups in total. The minimum absolute atomic E-state index is 0.141. The smallest absolute Gasteiger partial charge is 0.264 e. The van der Waals surface area contributed by atoms with Gasteiger partial charge in [0.2, 0.25) is 0 Å². The topological polar surface area (TPSA) is 69.7 Å². The number of nitrogens with one attached hydrogen (secondary N) is 1. The maximum atomic E-state index is 13.5. The van der Waals surface area contributed by atoms with Crippen molar-refractivity contribution in [3.05, 3.63) is 126 Å². The van der Waals surface area contributed by atoms with Crippen molar-refractivity contribution < 1.29 is 13.2 Å². The van der Waals surface area contributed by atoms with E-state index < -0.39 is 10.0 Å². The fraction of sp³-hybridized carbons (Fsp3) is 0.194. The first-order valence-corrected chi connectivity index (χ1v) is 14.2. The highest BCUT2D eigenvalue weighted by Crippen LogP contribution is 2.26. The summed E-state index contributed by atoms with van der Waals surface area (Å²) in [4.78, 5) is 15.3. The van der Waals surface area contributed by atoms with Gasteiger partial charge in [-0.2, -0.15) is 0 Å². The average Bonchev–Trinajstić information content (AvgIpc) is 2.97. The van der Waals surface area contributed by atoms with Crippen LogP contribution in [-0.4, -0.2) is 27.4 Å². The van der Waals surface area contributed by atoms with Crippen LogP contribution in [0.1, 0.15) is 35.3 Å². The van der Waals surface area contributed by atoms with E-state index in [1.54, 1.807) is 66.7 Å². The molecule has 0 aromatic heterocycles. The molecule has 4 rings (SSSR count). The number of anilines is 2. The first-order chi connectivity index (χ1) is 18.4. The molecular weight excluding hydrogens is 494 g/mol. The Morgan fingerprint density at radius 3 is 1.82 bits per heavy atom. The van der Waals surface area contributed by atoms with Gasteiger partial charge in [0, 0.05) is 30.9 Å². The number of benzene rings is 4. The SMILES string of the molecule is CCN(CC)c1ccc(CNC(=O)c2ccc(CN(c3ccccc3)S(=O)(=O)c3ccccc3)cc2)cc1. The van der Waals surface area contributed by atoms with Gasteiger partial charge in [-0.3, -0.25) is 9.10 Å². The van der Waals surface area contributed by atoms with E-state index in [-0.39, 0.29) is 17.3 Å². The lowest BCUT2D eigenvalue weighted by molar-refractivity contribution is 0.0951. The van der Waals surface area contributed by atoms with E-state index in [4.69, 9.17) is 0 Å². The normalized spacial score (nSPS) is 11.1. The van der Waals surface area contributed by atoms with Crippen LogP contribution in [0.4, 0.5) is 11.4 Å². The molecule has 0 atom stereocenters. The molecule has 196 valence electrons. The quantitative estimate of drug-likeness (QED) is 0.265. The second kappa shape index (κ2) is 12.4. The van der Waals surface area contributed by atoms with Crippen LogP contribution in [0, 0.1) is 0 Å². The van der Waals surface area contributed by atoms with E-state index in [1.807, 2.05) is 30.3 Å². The van der Waals surface area contributed by atoms with Gasteiger partial charge in [0.15, 0.2) is 0 Å². The van der Waals surface area contributed by atoms with Gasteiger partial charge in [-0.1, -0.05) is 60.7 Å². The van der Waals surface area contributed by atoms with E-state index in [0.29, 0.717) is 17.8 Å². The Hall–Kier alpha value is -4.10. The van der Waals surface area contributed by atoms with Gasteiger partial charge in [-0.15, -0.1) is 0 Å². The molecule has 6 nitrogen and oxygen atoms in total. The van der Waals surface area contributed by atoms with E-state index in [1.165, 1.54) is 9.99 Å². The van der Waals surface area contributed by atoms with Crippen LogP contribution in [0.2, 0.25) is 0 Å². The van der Waals surface area contributed by atoms with Crippen molar-refractivity contribution in [3.8, 4) is 0 Å². The van der Waals surface area contributed by atoms with Crippen LogP contribution < -0.4 is 14.5 Å². The van der Waals surface area contributed by atoms with Crippen molar-refractivity contribution in [2.75, 3.05) is 22.3 Å². The zero-order valence-electron chi connectivity index (χ0n) is 21.7. The molecule has 4 aromatic carbocycles. The van der Waals surface area contributed by atoms with Crippen LogP contribution in [0.25, 0.3) is 0 Å². The number of rotatable bonds is 11. The average molecular weight is 528 g/mol. The van der Waals surface area contributed by atoms with Crippen molar-refractivity contribution in [1.29, 1.82) is 0 Å². The fourth-order valence-electron chi connectivity index (χ4n) is 4.25. The van der Waals surface area contributed by atoms with E-state index in [2.05, 4.69) is 36.2 Å². The molecule has 0 aliphatic heterocycles. The van der Waals surface area contributed by atoms with Gasteiger partial charge in [0.25, 0.3) is 15.9 Å². The molecule has 38 heavy (non-hydrogen) atoms. The van der Waals surface area contributed by atoms with Crippen molar-refractivity contribution in [1.82, 2.24) is 5.32 Å². The highest BCUT2D eigenvalue weighted by molar-refractivity contribution is 7.92. The Balaban J connectivity index is 1.45. The molecule has 4 aromatic rings. The number of hydrogen-bond donors (Lipinski definition) is 1. The standard InChI is InChI=1S/C31H33N3O3S/c1-3-33(4-2)28-21-17-25(18-22-28)23-32-31(35)27-19-15-26(16-20-27)24-34(29-11-7-5-8-12-29)38(36,37)30-13-9-6-10-14-30/h5-22H,3-4,23-24H2,1-2H3,(H,32,35). The molecule has 0 fully saturated rings. The van der Waals surface area contributed by atoms with Crippen molar-refractivity contribution in [2.45, 2.75) is 31.8 Å². The Labute approximate surface area is 225 Å². The van der Waals surface area contributed by atoms with Crippen molar-refractivity contribution in [2.24, 2.45) is 0 Å². The number of para-hydroxylation sites is 1. The lowest BCUT2D eigenvalue weighted by atomic mass is 10.1. The number of amides is 1. The van der Waals surface area contributed by atoms with Crippen LogP contribution in [0.15, 0.2) is 114 Å². The zero-order valence-corrected chi connectivity index (χ0v) is 22.6. The molecule has 0 heterocycles. The predicted molar refractivity (Wildman–Crippen MR) is 154 cm³/mol. The lowest BCUT2D eigenvalue weighted by Crippen LogP contribution is -2.30.